The van der Waals surface area contributed by atoms with Gasteiger partial charge in [0, 0.05) is 12.4 Å². The Morgan fingerprint density at radius 3 is 2.43 bits per heavy atom. The molecule has 5 heteroatoms. The number of hydrogen-bond acceptors (Lipinski definition) is 4. The number of halogens is 1. The van der Waals surface area contributed by atoms with Crippen molar-refractivity contribution in [3.05, 3.63) is 59.1 Å². The molecule has 3 heterocycles. The largest absolute Gasteiger partial charge is 0.372 e. The molecule has 3 nitrogen and oxygen atoms in total. The Balaban J connectivity index is 0.000000225. The molecule has 1 fully saturated rings. The average molecular weight is 367 g/mol. The summed E-state index contributed by atoms with van der Waals surface area (Å²) in [7, 11) is 0. The van der Waals surface area contributed by atoms with Crippen LogP contribution in [0.25, 0.3) is 0 Å². The van der Waals surface area contributed by atoms with E-state index in [2.05, 4.69) is 25.9 Å². The molecule has 0 atom stereocenters. The smallest absolute Gasteiger partial charge is 0.106 e. The van der Waals surface area contributed by atoms with E-state index >= 15 is 0 Å². The lowest BCUT2D eigenvalue weighted by Gasteiger charge is -2.21. The first-order valence-corrected chi connectivity index (χ1v) is 8.95. The summed E-state index contributed by atoms with van der Waals surface area (Å²) in [5, 5.41) is 0. The van der Waals surface area contributed by atoms with Crippen molar-refractivity contribution in [3.63, 3.8) is 0 Å². The second kappa shape index (κ2) is 9.92. The van der Waals surface area contributed by atoms with Crippen LogP contribution in [0.15, 0.2) is 53.4 Å². The molecule has 1 aliphatic heterocycles. The van der Waals surface area contributed by atoms with Crippen LogP contribution in [0.5, 0.6) is 0 Å². The van der Waals surface area contributed by atoms with Crippen LogP contribution < -0.4 is 0 Å². The Labute approximate surface area is 138 Å². The van der Waals surface area contributed by atoms with Gasteiger partial charge in [0.25, 0.3) is 0 Å². The van der Waals surface area contributed by atoms with E-state index < -0.39 is 0 Å². The van der Waals surface area contributed by atoms with Gasteiger partial charge in [-0.2, -0.15) is 11.8 Å². The molecule has 0 N–H and O–H groups in total. The number of nitrogens with zero attached hydrogens (tertiary/aromatic N) is 2. The highest BCUT2D eigenvalue weighted by Gasteiger charge is 2.13. The predicted molar refractivity (Wildman–Crippen MR) is 91.3 cm³/mol. The standard InChI is InChI=1S/C11H14BrNOS.C5H5N/c12-11-3-1-2-9(13-11)8-14-10-4-6-15-7-5-10;1-2-4-6-5-3-1/h1-3,10H,4-8H2;1-5H. The first-order valence-electron chi connectivity index (χ1n) is 7.00. The Morgan fingerprint density at radius 2 is 1.86 bits per heavy atom. The van der Waals surface area contributed by atoms with Crippen molar-refractivity contribution >= 4 is 27.7 Å². The van der Waals surface area contributed by atoms with Gasteiger partial charge in [0.1, 0.15) is 4.60 Å². The number of hydrogen-bond donors (Lipinski definition) is 0. The fourth-order valence-corrected chi connectivity index (χ4v) is 3.33. The fraction of sp³-hybridized carbons (Fsp3) is 0.375. The van der Waals surface area contributed by atoms with Crippen LogP contribution in [-0.4, -0.2) is 27.6 Å². The molecule has 0 bridgehead atoms. The summed E-state index contributed by atoms with van der Waals surface area (Å²) < 4.78 is 6.70. The number of thioether (sulfide) groups is 1. The third-order valence-corrected chi connectivity index (χ3v) is 4.46. The molecule has 3 rings (SSSR count). The van der Waals surface area contributed by atoms with E-state index in [-0.39, 0.29) is 0 Å². The fourth-order valence-electron chi connectivity index (χ4n) is 1.89. The van der Waals surface area contributed by atoms with Gasteiger partial charge in [-0.15, -0.1) is 0 Å². The van der Waals surface area contributed by atoms with Gasteiger partial charge in [0.05, 0.1) is 18.4 Å². The average Bonchev–Trinajstić information content (AvgIpc) is 2.56. The van der Waals surface area contributed by atoms with E-state index in [1.807, 2.05) is 48.2 Å². The topological polar surface area (TPSA) is 35.0 Å². The molecule has 0 radical (unpaired) electrons. The van der Waals surface area contributed by atoms with Crippen LogP contribution in [0.3, 0.4) is 0 Å². The summed E-state index contributed by atoms with van der Waals surface area (Å²) in [6, 6.07) is 11.6. The van der Waals surface area contributed by atoms with Gasteiger partial charge in [-0.05, 0) is 64.5 Å². The number of ether oxygens (including phenoxy) is 1. The van der Waals surface area contributed by atoms with Gasteiger partial charge in [0.15, 0.2) is 0 Å². The van der Waals surface area contributed by atoms with Gasteiger partial charge in [-0.1, -0.05) is 12.1 Å². The zero-order valence-corrected chi connectivity index (χ0v) is 14.2. The quantitative estimate of drug-likeness (QED) is 0.756. The van der Waals surface area contributed by atoms with Crippen molar-refractivity contribution in [2.75, 3.05) is 11.5 Å². The van der Waals surface area contributed by atoms with Crippen molar-refractivity contribution in [3.8, 4) is 0 Å². The van der Waals surface area contributed by atoms with E-state index in [4.69, 9.17) is 4.74 Å². The molecule has 0 saturated carbocycles. The van der Waals surface area contributed by atoms with Gasteiger partial charge in [0.2, 0.25) is 0 Å². The molecule has 2 aromatic heterocycles. The van der Waals surface area contributed by atoms with Crippen LogP contribution >= 0.6 is 27.7 Å². The Bertz CT molecular complexity index is 480. The minimum atomic E-state index is 0.437. The number of rotatable bonds is 3. The molecule has 0 spiro atoms. The van der Waals surface area contributed by atoms with Crippen molar-refractivity contribution in [2.24, 2.45) is 0 Å². The summed E-state index contributed by atoms with van der Waals surface area (Å²) in [6.45, 7) is 0.634. The molecule has 1 saturated heterocycles. The van der Waals surface area contributed by atoms with Crippen molar-refractivity contribution in [2.45, 2.75) is 25.6 Å². The molecule has 0 aliphatic carbocycles. The minimum Gasteiger partial charge on any atom is -0.372 e. The van der Waals surface area contributed by atoms with Gasteiger partial charge < -0.3 is 4.74 Å². The summed E-state index contributed by atoms with van der Waals surface area (Å²) >= 11 is 5.38. The van der Waals surface area contributed by atoms with Crippen LogP contribution in [0.4, 0.5) is 0 Å². The van der Waals surface area contributed by atoms with Gasteiger partial charge >= 0.3 is 0 Å². The van der Waals surface area contributed by atoms with Crippen LogP contribution in [0.1, 0.15) is 18.5 Å². The molecule has 0 amide bonds. The zero-order valence-electron chi connectivity index (χ0n) is 11.8. The third-order valence-electron chi connectivity index (χ3n) is 2.97. The first-order chi connectivity index (χ1) is 10.3. The monoisotopic (exact) mass is 366 g/mol. The molecular formula is C16H19BrN2OS. The zero-order chi connectivity index (χ0) is 14.8. The molecule has 112 valence electrons. The van der Waals surface area contributed by atoms with Gasteiger partial charge in [-0.25, -0.2) is 4.98 Å². The minimum absolute atomic E-state index is 0.437. The van der Waals surface area contributed by atoms with Crippen LogP contribution in [0, 0.1) is 0 Å². The molecule has 0 aromatic carbocycles. The molecule has 2 aromatic rings. The first kappa shape index (κ1) is 16.5. The maximum absolute atomic E-state index is 5.83. The summed E-state index contributed by atoms with van der Waals surface area (Å²) in [5.41, 5.74) is 1.00. The number of pyridine rings is 2. The third kappa shape index (κ3) is 7.07. The molecular weight excluding hydrogens is 348 g/mol. The molecule has 0 unspecified atom stereocenters. The Kier molecular flexibility index (Phi) is 7.78. The van der Waals surface area contributed by atoms with Crippen molar-refractivity contribution in [1.82, 2.24) is 9.97 Å². The van der Waals surface area contributed by atoms with E-state index in [9.17, 15) is 0 Å². The second-order valence-electron chi connectivity index (χ2n) is 4.60. The summed E-state index contributed by atoms with van der Waals surface area (Å²) in [5.74, 6) is 2.47. The second-order valence-corrected chi connectivity index (χ2v) is 6.64. The van der Waals surface area contributed by atoms with Crippen molar-refractivity contribution in [1.29, 1.82) is 0 Å². The van der Waals surface area contributed by atoms with E-state index in [1.165, 1.54) is 24.3 Å². The van der Waals surface area contributed by atoms with Crippen molar-refractivity contribution < 1.29 is 4.74 Å². The Morgan fingerprint density at radius 1 is 1.10 bits per heavy atom. The highest BCUT2D eigenvalue weighted by molar-refractivity contribution is 9.10. The SMILES string of the molecule is Brc1cccc(COC2CCSCC2)n1.c1ccncc1. The lowest BCUT2D eigenvalue weighted by atomic mass is 10.2. The highest BCUT2D eigenvalue weighted by atomic mass is 79.9. The maximum atomic E-state index is 5.83. The lowest BCUT2D eigenvalue weighted by molar-refractivity contribution is 0.0338. The number of aromatic nitrogens is 2. The summed E-state index contributed by atoms with van der Waals surface area (Å²) in [4.78, 5) is 8.13. The van der Waals surface area contributed by atoms with E-state index in [0.29, 0.717) is 12.7 Å². The van der Waals surface area contributed by atoms with E-state index in [1.54, 1.807) is 12.4 Å². The van der Waals surface area contributed by atoms with Crippen LogP contribution in [-0.2, 0) is 11.3 Å². The lowest BCUT2D eigenvalue weighted by Crippen LogP contribution is -2.19. The van der Waals surface area contributed by atoms with E-state index in [0.717, 1.165) is 10.3 Å². The maximum Gasteiger partial charge on any atom is 0.106 e. The van der Waals surface area contributed by atoms with Gasteiger partial charge in [-0.3, -0.25) is 4.98 Å². The predicted octanol–water partition coefficient (Wildman–Crippen LogP) is 4.34. The molecule has 21 heavy (non-hydrogen) atoms. The molecule has 1 aliphatic rings. The summed E-state index contributed by atoms with van der Waals surface area (Å²) in [6.07, 6.45) is 6.30. The normalized spacial score (nSPS) is 15.1. The highest BCUT2D eigenvalue weighted by Crippen LogP contribution is 2.20. The Hall–Kier alpha value is -0.910. The van der Waals surface area contributed by atoms with Crippen LogP contribution in [0.2, 0.25) is 0 Å².